The number of aliphatic hydroxyl groups is 4. The van der Waals surface area contributed by atoms with Gasteiger partial charge in [-0.1, -0.05) is 11.5 Å². The summed E-state index contributed by atoms with van der Waals surface area (Å²) in [5, 5.41) is 42.8. The van der Waals surface area contributed by atoms with E-state index < -0.39 is 96.7 Å². The van der Waals surface area contributed by atoms with Gasteiger partial charge < -0.3 is 56.0 Å². The van der Waals surface area contributed by atoms with Crippen molar-refractivity contribution in [3.63, 3.8) is 0 Å². The number of aromatic nitrogens is 6. The number of anilines is 2. The Hall–Kier alpha value is -3.62. The zero-order valence-corrected chi connectivity index (χ0v) is 30.6. The average Bonchev–Trinajstić information content (AvgIpc) is 3.71. The van der Waals surface area contributed by atoms with E-state index in [1.807, 2.05) is 0 Å². The molecular weight excluding hydrogens is 797 g/mol. The van der Waals surface area contributed by atoms with Crippen molar-refractivity contribution >= 4 is 64.0 Å². The molecule has 5 heterocycles. The number of methoxy groups -OCH3 is 1. The van der Waals surface area contributed by atoms with Crippen LogP contribution in [0, 0.1) is 5.92 Å². The Bertz CT molecular complexity index is 2260. The molecule has 1 saturated heterocycles. The van der Waals surface area contributed by atoms with E-state index in [0.717, 1.165) is 22.6 Å². The number of rotatable bonds is 16. The van der Waals surface area contributed by atoms with Gasteiger partial charge in [0.2, 0.25) is 5.95 Å². The molecule has 0 saturated carbocycles. The maximum Gasteiger partial charge on any atom is 0.490 e. The lowest BCUT2D eigenvalue weighted by atomic mass is 9.99. The van der Waals surface area contributed by atoms with Crippen LogP contribution in [-0.2, 0) is 40.8 Å². The van der Waals surface area contributed by atoms with Crippen LogP contribution in [0.5, 0.6) is 0 Å². The van der Waals surface area contributed by atoms with Gasteiger partial charge in [0.05, 0.1) is 30.6 Å². The molecule has 0 aliphatic carbocycles. The van der Waals surface area contributed by atoms with Gasteiger partial charge in [-0.25, -0.2) is 18.7 Å². The molecule has 1 fully saturated rings. The zero-order valence-electron chi connectivity index (χ0n) is 27.9. The first kappa shape index (κ1) is 41.5. The van der Waals surface area contributed by atoms with Crippen LogP contribution >= 0.6 is 23.5 Å². The topological polar surface area (TPSA) is 416 Å². The minimum absolute atomic E-state index is 0.0622. The third-order valence-corrected chi connectivity index (χ3v) is 12.1. The second-order valence-electron chi connectivity index (χ2n) is 11.7. The van der Waals surface area contributed by atoms with Gasteiger partial charge >= 0.3 is 52.5 Å². The predicted octanol–water partition coefficient (Wildman–Crippen LogP) is -3.51. The van der Waals surface area contributed by atoms with Crippen LogP contribution in [0.1, 0.15) is 13.2 Å². The number of ether oxygens (including phenoxy) is 2. The van der Waals surface area contributed by atoms with Gasteiger partial charge in [0.15, 0.2) is 23.5 Å². The molecule has 0 aromatic carbocycles. The first-order chi connectivity index (χ1) is 25.0. The number of aromatic amines is 2. The average molecular weight is 833 g/mol. The first-order valence-electron chi connectivity index (χ1n) is 15.1. The van der Waals surface area contributed by atoms with E-state index in [-0.39, 0.29) is 34.6 Å². The summed E-state index contributed by atoms with van der Waals surface area (Å²) in [6.45, 7) is -0.659. The zero-order chi connectivity index (χ0) is 40.1. The molecule has 3 aromatic rings. The molecule has 13 N–H and O–H groups in total. The van der Waals surface area contributed by atoms with Crippen LogP contribution in [-0.4, -0.2) is 144 Å². The number of nitrogens with two attached hydrogens (primary N) is 2. The smallest absolute Gasteiger partial charge is 0.387 e. The highest BCUT2D eigenvalue weighted by Gasteiger charge is 2.49. The number of aliphatic hydroxyl groups excluding tert-OH is 4. The summed E-state index contributed by atoms with van der Waals surface area (Å²) in [7, 11) is -14.8. The Kier molecular flexibility index (Phi) is 11.9. The lowest BCUT2D eigenvalue weighted by Gasteiger charge is -2.28. The van der Waals surface area contributed by atoms with Gasteiger partial charge in [0.1, 0.15) is 25.4 Å². The molecular formula is C23H35N10O18P3+2. The number of phosphoric ester groups is 2. The predicted molar refractivity (Wildman–Crippen MR) is 174 cm³/mol. The van der Waals surface area contributed by atoms with Crippen LogP contribution in [0.2, 0.25) is 0 Å². The summed E-state index contributed by atoms with van der Waals surface area (Å²) < 4.78 is 68.7. The SMILES string of the molecule is COC(C(O)[C@@H](O)[N+]1=C=[N+](C)c2c1nc(N)[nH]c2=O)[C@H](C)COP(=O)(O)OP(=O)(O)OP(=O)(O)OC[C@H]1O[C@@H](n2cnc3c(=O)[nH]c(N)nc32)[C@@H](O)[C@H]1O. The van der Waals surface area contributed by atoms with Crippen molar-refractivity contribution in [1.29, 1.82) is 0 Å². The molecule has 11 atom stereocenters. The maximum absolute atomic E-state index is 12.5. The number of nitrogens with one attached hydrogen (secondary N) is 2. The van der Waals surface area contributed by atoms with Crippen LogP contribution in [0.25, 0.3) is 11.2 Å². The number of hydrogen-bond donors (Lipinski definition) is 11. The Balaban J connectivity index is 1.16. The summed E-state index contributed by atoms with van der Waals surface area (Å²) in [5.74, 6) is -1.89. The molecule has 3 aromatic heterocycles. The second kappa shape index (κ2) is 15.5. The van der Waals surface area contributed by atoms with Crippen LogP contribution in [0.4, 0.5) is 23.4 Å². The number of nitrogens with zero attached hydrogens (tertiary/aromatic N) is 6. The van der Waals surface area contributed by atoms with E-state index in [9.17, 15) is 58.4 Å². The highest BCUT2D eigenvalue weighted by molar-refractivity contribution is 7.66. The summed E-state index contributed by atoms with van der Waals surface area (Å²) in [6.07, 6.45) is -10.8. The largest absolute Gasteiger partial charge is 0.490 e. The Morgan fingerprint density at radius 3 is 2.26 bits per heavy atom. The van der Waals surface area contributed by atoms with Gasteiger partial charge in [-0.2, -0.15) is 13.6 Å². The van der Waals surface area contributed by atoms with Gasteiger partial charge in [-0.05, 0) is 0 Å². The number of H-pyrrole nitrogens is 2. The van der Waals surface area contributed by atoms with E-state index in [1.165, 1.54) is 18.5 Å². The van der Waals surface area contributed by atoms with Crippen LogP contribution in [0.15, 0.2) is 15.9 Å². The Morgan fingerprint density at radius 2 is 1.61 bits per heavy atom. The lowest BCUT2D eigenvalue weighted by Crippen LogP contribution is -2.47. The summed E-state index contributed by atoms with van der Waals surface area (Å²) in [4.78, 5) is 70.6. The van der Waals surface area contributed by atoms with Gasteiger partial charge in [-0.15, -0.1) is 4.58 Å². The van der Waals surface area contributed by atoms with E-state index in [4.69, 9.17) is 25.5 Å². The fourth-order valence-corrected chi connectivity index (χ4v) is 9.05. The van der Waals surface area contributed by atoms with Crippen molar-refractivity contribution in [2.45, 2.75) is 49.9 Å². The van der Waals surface area contributed by atoms with E-state index in [2.05, 4.69) is 44.1 Å². The Labute approximate surface area is 300 Å². The van der Waals surface area contributed by atoms with E-state index in [1.54, 1.807) is 0 Å². The molecule has 0 radical (unpaired) electrons. The number of nitrogen functional groups attached to an aromatic ring is 2. The molecule has 5 unspecified atom stereocenters. The first-order valence-corrected chi connectivity index (χ1v) is 19.6. The quantitative estimate of drug-likeness (QED) is 0.0492. The van der Waals surface area contributed by atoms with Gasteiger partial charge in [0, 0.05) is 13.0 Å². The molecule has 5 rings (SSSR count). The molecule has 31 heteroatoms. The highest BCUT2D eigenvalue weighted by atomic mass is 31.3. The van der Waals surface area contributed by atoms with E-state index >= 15 is 0 Å². The van der Waals surface area contributed by atoms with Crippen molar-refractivity contribution in [2.24, 2.45) is 5.92 Å². The second-order valence-corrected chi connectivity index (χ2v) is 16.4. The number of imidazole rings is 1. The molecule has 2 aliphatic rings. The number of hydrogen-bond acceptors (Lipinski definition) is 20. The minimum Gasteiger partial charge on any atom is -0.387 e. The van der Waals surface area contributed by atoms with Gasteiger partial charge in [0.25, 0.3) is 11.8 Å². The third kappa shape index (κ3) is 8.75. The summed E-state index contributed by atoms with van der Waals surface area (Å²) in [5.41, 5.74) is 9.33. The highest BCUT2D eigenvalue weighted by Crippen LogP contribution is 2.67. The molecule has 0 bridgehead atoms. The third-order valence-electron chi connectivity index (χ3n) is 7.83. The molecule has 0 spiro atoms. The van der Waals surface area contributed by atoms with Crippen molar-refractivity contribution in [1.82, 2.24) is 29.5 Å². The van der Waals surface area contributed by atoms with Crippen LogP contribution < -0.4 is 22.6 Å². The Morgan fingerprint density at radius 1 is 1.00 bits per heavy atom. The molecule has 54 heavy (non-hydrogen) atoms. The standard InChI is InChI=1S/C23H33N10O18P3/c1-8(15(46-3)14(36)20(39)33-7-31(2)11-17(33)28-23(25)30-19(11)38)4-47-52(40,41)50-54(44,45)51-53(42,43)48-5-9-12(34)13(35)21(49-9)32-6-26-10-16(32)27-22(24)29-18(10)37/h6,8-9,12-15,20-21,34-36,39H,4-5H2,1-3H3,(H7-2,24,25,27,28,29,30,37,38,40,41,42,43,44,45)/p+2/t8-,9-,12+,13+,14?,15?,20-,21-/m1/s1. The molecule has 28 nitrogen and oxygen atoms in total. The number of phosphoric acid groups is 3. The fraction of sp³-hybridized carbons (Fsp3) is 0.565. The molecule has 298 valence electrons. The summed E-state index contributed by atoms with van der Waals surface area (Å²) >= 11 is 0. The lowest BCUT2D eigenvalue weighted by molar-refractivity contribution is -0.556. The van der Waals surface area contributed by atoms with Crippen molar-refractivity contribution in [3.8, 4) is 0 Å². The monoisotopic (exact) mass is 832 g/mol. The van der Waals surface area contributed by atoms with Crippen molar-refractivity contribution in [2.75, 3.05) is 38.8 Å². The molecule has 0 amide bonds. The number of fused-ring (bicyclic) bond motifs is 2. The van der Waals surface area contributed by atoms with Crippen LogP contribution in [0.3, 0.4) is 0 Å². The summed E-state index contributed by atoms with van der Waals surface area (Å²) in [6, 6.07) is 2.58. The fourth-order valence-electron chi connectivity index (χ4n) is 5.44. The van der Waals surface area contributed by atoms with Gasteiger partial charge in [-0.3, -0.25) is 33.2 Å². The molecule has 2 aliphatic heterocycles. The maximum atomic E-state index is 12.5. The minimum atomic E-state index is -5.98. The normalized spacial score (nSPS) is 25.5. The van der Waals surface area contributed by atoms with Crippen molar-refractivity contribution in [3.05, 3.63) is 27.0 Å². The van der Waals surface area contributed by atoms with E-state index in [0.29, 0.717) is 0 Å². The van der Waals surface area contributed by atoms with Crippen molar-refractivity contribution < 1.29 is 85.1 Å².